The summed E-state index contributed by atoms with van der Waals surface area (Å²) in [6.45, 7) is 11.7. The molecule has 2 saturated heterocycles. The van der Waals surface area contributed by atoms with Gasteiger partial charge in [-0.1, -0.05) is 7.43 Å². The summed E-state index contributed by atoms with van der Waals surface area (Å²) in [6, 6.07) is 0. The molecule has 2 heterocycles. The summed E-state index contributed by atoms with van der Waals surface area (Å²) < 4.78 is 20.4. The van der Waals surface area contributed by atoms with Gasteiger partial charge in [0.25, 0.3) is 0 Å². The van der Waals surface area contributed by atoms with Crippen LogP contribution in [0.25, 0.3) is 0 Å². The van der Waals surface area contributed by atoms with Gasteiger partial charge >= 0.3 is 11.9 Å². The molecule has 2 fully saturated rings. The lowest BCUT2D eigenvalue weighted by Crippen LogP contribution is -2.38. The molecule has 0 N–H and O–H groups in total. The Morgan fingerprint density at radius 2 is 1.34 bits per heavy atom. The number of alkyl halides is 1. The van der Waals surface area contributed by atoms with Crippen LogP contribution >= 0.6 is 11.6 Å². The highest BCUT2D eigenvalue weighted by Crippen LogP contribution is 2.19. The number of carbonyl (C=O) groups is 4. The number of rotatable bonds is 6. The first-order valence-corrected chi connectivity index (χ1v) is 11.0. The molecule has 2 aliphatic heterocycles. The zero-order chi connectivity index (χ0) is 23.8. The Balaban J connectivity index is 0.000000584. The number of ketones is 2. The molecule has 0 saturated carbocycles. The fraction of sp³-hybridized carbons (Fsp3) is 0.826. The molecular formula is C23H39ClO8. The predicted octanol–water partition coefficient (Wildman–Crippen LogP) is 3.79. The third-order valence-corrected chi connectivity index (χ3v) is 4.53. The summed E-state index contributed by atoms with van der Waals surface area (Å²) in [6.07, 6.45) is 1.96. The first-order valence-electron chi connectivity index (χ1n) is 10.6. The molecule has 0 radical (unpaired) electrons. The summed E-state index contributed by atoms with van der Waals surface area (Å²) in [7, 11) is 0. The van der Waals surface area contributed by atoms with E-state index in [1.54, 1.807) is 41.5 Å². The van der Waals surface area contributed by atoms with Crippen LogP contribution in [0.4, 0.5) is 0 Å². The number of hydrogen-bond acceptors (Lipinski definition) is 8. The van der Waals surface area contributed by atoms with E-state index in [0.717, 1.165) is 19.3 Å². The molecule has 32 heavy (non-hydrogen) atoms. The topological polar surface area (TPSA) is 105 Å². The van der Waals surface area contributed by atoms with E-state index in [1.807, 2.05) is 0 Å². The standard InChI is InChI=1S/C11H17ClO4.C11H18O4.CH4/c1-11(2,3)16-10(14)8(12)9(13)7-5-4-6-15-7;1-11(2,3)15-10(13)7-8(12)9-5-4-6-14-9;/h7-8H,4-6H2,1-3H3;9H,4-7H2,1-3H3;1H4/t7-,8?;9-;/m00./s1. The second kappa shape index (κ2) is 13.3. The number of carbonyl (C=O) groups excluding carboxylic acids is 4. The van der Waals surface area contributed by atoms with E-state index in [9.17, 15) is 19.2 Å². The highest BCUT2D eigenvalue weighted by Gasteiger charge is 2.35. The van der Waals surface area contributed by atoms with Gasteiger partial charge in [-0.15, -0.1) is 11.6 Å². The van der Waals surface area contributed by atoms with Crippen molar-refractivity contribution in [2.24, 2.45) is 0 Å². The third kappa shape index (κ3) is 11.9. The number of halogens is 1. The Morgan fingerprint density at radius 1 is 0.875 bits per heavy atom. The SMILES string of the molecule is C.CC(C)(C)OC(=O)C(Cl)C(=O)[C@@H]1CCCO1.CC(C)(C)OC(=O)CC(=O)[C@@H]1CCCO1. The van der Waals surface area contributed by atoms with Gasteiger partial charge in [0.05, 0.1) is 0 Å². The molecule has 0 bridgehead atoms. The zero-order valence-corrected chi connectivity index (χ0v) is 20.1. The summed E-state index contributed by atoms with van der Waals surface area (Å²) >= 11 is 5.76. The highest BCUT2D eigenvalue weighted by molar-refractivity contribution is 6.41. The van der Waals surface area contributed by atoms with Crippen LogP contribution in [0, 0.1) is 0 Å². The molecule has 0 aliphatic carbocycles. The largest absolute Gasteiger partial charge is 0.460 e. The molecule has 0 amide bonds. The lowest BCUT2D eigenvalue weighted by molar-refractivity contribution is -0.158. The van der Waals surface area contributed by atoms with E-state index in [0.29, 0.717) is 19.6 Å². The predicted molar refractivity (Wildman–Crippen MR) is 121 cm³/mol. The minimum Gasteiger partial charge on any atom is -0.460 e. The third-order valence-electron chi connectivity index (χ3n) is 4.14. The van der Waals surface area contributed by atoms with E-state index >= 15 is 0 Å². The lowest BCUT2D eigenvalue weighted by Gasteiger charge is -2.21. The molecule has 0 aromatic rings. The van der Waals surface area contributed by atoms with Gasteiger partial charge in [0.15, 0.2) is 16.9 Å². The number of Topliss-reactive ketones (excluding diaryl/α,β-unsaturated/α-hetero) is 2. The summed E-state index contributed by atoms with van der Waals surface area (Å²) in [5.41, 5.74) is -1.17. The van der Waals surface area contributed by atoms with E-state index in [1.165, 1.54) is 0 Å². The normalized spacial score (nSPS) is 21.5. The fourth-order valence-electron chi connectivity index (χ4n) is 2.90. The second-order valence-electron chi connectivity index (χ2n) is 9.53. The average molecular weight is 479 g/mol. The van der Waals surface area contributed by atoms with Gasteiger partial charge < -0.3 is 18.9 Å². The van der Waals surface area contributed by atoms with Crippen LogP contribution in [0.5, 0.6) is 0 Å². The van der Waals surface area contributed by atoms with Crippen LogP contribution in [-0.4, -0.2) is 65.5 Å². The number of ether oxygens (including phenoxy) is 4. The van der Waals surface area contributed by atoms with Crippen LogP contribution in [0.15, 0.2) is 0 Å². The van der Waals surface area contributed by atoms with Crippen molar-refractivity contribution >= 4 is 35.1 Å². The van der Waals surface area contributed by atoms with Gasteiger partial charge in [-0.05, 0) is 67.2 Å². The van der Waals surface area contributed by atoms with E-state index in [4.69, 9.17) is 30.5 Å². The Kier molecular flexibility index (Phi) is 12.6. The molecule has 2 rings (SSSR count). The monoisotopic (exact) mass is 478 g/mol. The van der Waals surface area contributed by atoms with Crippen LogP contribution in [0.1, 0.15) is 81.1 Å². The van der Waals surface area contributed by atoms with Gasteiger partial charge in [-0.25, -0.2) is 4.79 Å². The maximum Gasteiger partial charge on any atom is 0.332 e. The van der Waals surface area contributed by atoms with Gasteiger partial charge in [0.2, 0.25) is 0 Å². The molecule has 3 atom stereocenters. The number of hydrogen-bond donors (Lipinski definition) is 0. The first-order chi connectivity index (χ1) is 14.2. The summed E-state index contributed by atoms with van der Waals surface area (Å²) in [5.74, 6) is -1.73. The molecule has 186 valence electrons. The molecule has 0 aromatic heterocycles. The average Bonchev–Trinajstić information content (AvgIpc) is 3.31. The van der Waals surface area contributed by atoms with Crippen molar-refractivity contribution in [2.45, 2.75) is 110 Å². The maximum atomic E-state index is 11.7. The lowest BCUT2D eigenvalue weighted by atomic mass is 10.1. The van der Waals surface area contributed by atoms with E-state index in [2.05, 4.69) is 0 Å². The second-order valence-corrected chi connectivity index (χ2v) is 9.97. The van der Waals surface area contributed by atoms with Crippen molar-refractivity contribution in [3.8, 4) is 0 Å². The van der Waals surface area contributed by atoms with Crippen molar-refractivity contribution in [3.05, 3.63) is 0 Å². The zero-order valence-electron chi connectivity index (χ0n) is 19.3. The van der Waals surface area contributed by atoms with E-state index in [-0.39, 0.29) is 19.6 Å². The van der Waals surface area contributed by atoms with E-state index < -0.39 is 46.5 Å². The van der Waals surface area contributed by atoms with Crippen LogP contribution < -0.4 is 0 Å². The Bertz CT molecular complexity index is 635. The maximum absolute atomic E-state index is 11.7. The Morgan fingerprint density at radius 3 is 1.75 bits per heavy atom. The van der Waals surface area contributed by atoms with Gasteiger partial charge in [-0.2, -0.15) is 0 Å². The minimum atomic E-state index is -1.26. The molecule has 8 nitrogen and oxygen atoms in total. The summed E-state index contributed by atoms with van der Waals surface area (Å²) in [4.78, 5) is 46.1. The molecule has 9 heteroatoms. The van der Waals surface area contributed by atoms with Crippen molar-refractivity contribution in [1.82, 2.24) is 0 Å². The highest BCUT2D eigenvalue weighted by atomic mass is 35.5. The molecule has 2 aliphatic rings. The molecule has 0 aromatic carbocycles. The minimum absolute atomic E-state index is 0. The molecule has 1 unspecified atom stereocenters. The quantitative estimate of drug-likeness (QED) is 0.322. The summed E-state index contributed by atoms with van der Waals surface area (Å²) in [5, 5.41) is -1.26. The van der Waals surface area contributed by atoms with Gasteiger partial charge in [0.1, 0.15) is 29.8 Å². The Labute approximate surface area is 196 Å². The van der Waals surface area contributed by atoms with Crippen molar-refractivity contribution in [2.75, 3.05) is 13.2 Å². The van der Waals surface area contributed by atoms with Crippen molar-refractivity contribution < 1.29 is 38.1 Å². The van der Waals surface area contributed by atoms with Crippen molar-refractivity contribution in [1.29, 1.82) is 0 Å². The first kappa shape index (κ1) is 30.5. The van der Waals surface area contributed by atoms with Crippen LogP contribution in [0.2, 0.25) is 0 Å². The molecule has 0 spiro atoms. The van der Waals surface area contributed by atoms with Crippen molar-refractivity contribution in [3.63, 3.8) is 0 Å². The molecular weight excluding hydrogens is 440 g/mol. The Hall–Kier alpha value is -1.51. The number of esters is 2. The van der Waals surface area contributed by atoms with Gasteiger partial charge in [0, 0.05) is 13.2 Å². The van der Waals surface area contributed by atoms with Gasteiger partial charge in [-0.3, -0.25) is 14.4 Å². The fourth-order valence-corrected chi connectivity index (χ4v) is 3.09. The van der Waals surface area contributed by atoms with Crippen LogP contribution in [-0.2, 0) is 38.1 Å². The van der Waals surface area contributed by atoms with Crippen LogP contribution in [0.3, 0.4) is 0 Å². The smallest absolute Gasteiger partial charge is 0.332 e.